The Hall–Kier alpha value is -2.50. The summed E-state index contributed by atoms with van der Waals surface area (Å²) in [4.78, 5) is 18.6. The van der Waals surface area contributed by atoms with Gasteiger partial charge < -0.3 is 10.2 Å². The number of carbonyl (C=O) groups is 1. The second-order valence-electron chi connectivity index (χ2n) is 6.67. The quantitative estimate of drug-likeness (QED) is 0.634. The minimum atomic E-state index is -0.139. The van der Waals surface area contributed by atoms with Gasteiger partial charge in [0, 0.05) is 30.0 Å². The van der Waals surface area contributed by atoms with Gasteiger partial charge in [-0.2, -0.15) is 0 Å². The molecule has 4 nitrogen and oxygen atoms in total. The number of hydrogen-bond donors (Lipinski definition) is 1. The van der Waals surface area contributed by atoms with Gasteiger partial charge in [0.2, 0.25) is 0 Å². The van der Waals surface area contributed by atoms with Crippen LogP contribution in [0.3, 0.4) is 0 Å². The molecule has 0 spiro atoms. The maximum atomic E-state index is 12.4. The average Bonchev–Trinajstić information content (AvgIpc) is 2.66. The van der Waals surface area contributed by atoms with E-state index in [1.165, 1.54) is 5.56 Å². The van der Waals surface area contributed by atoms with Gasteiger partial charge in [-0.25, -0.2) is 0 Å². The highest BCUT2D eigenvalue weighted by atomic mass is 79.9. The molecule has 0 radical (unpaired) electrons. The van der Waals surface area contributed by atoms with Crippen molar-refractivity contribution >= 4 is 21.8 Å². The van der Waals surface area contributed by atoms with Gasteiger partial charge in [-0.3, -0.25) is 9.78 Å². The zero-order valence-corrected chi connectivity index (χ0v) is 17.0. The Morgan fingerprint density at radius 3 is 2.52 bits per heavy atom. The number of benzene rings is 2. The molecular weight excluding hydrogens is 402 g/mol. The molecule has 0 aliphatic carbocycles. The van der Waals surface area contributed by atoms with E-state index in [1.807, 2.05) is 18.2 Å². The van der Waals surface area contributed by atoms with E-state index in [0.717, 1.165) is 27.7 Å². The minimum absolute atomic E-state index is 0.139. The maximum absolute atomic E-state index is 12.4. The van der Waals surface area contributed by atoms with E-state index in [2.05, 4.69) is 75.6 Å². The van der Waals surface area contributed by atoms with Gasteiger partial charge in [0.05, 0.1) is 5.56 Å². The third kappa shape index (κ3) is 5.25. The van der Waals surface area contributed by atoms with Gasteiger partial charge in [0.1, 0.15) is 0 Å². The van der Waals surface area contributed by atoms with E-state index in [1.54, 1.807) is 18.5 Å². The summed E-state index contributed by atoms with van der Waals surface area (Å²) in [5, 5.41) is 2.98. The Labute approximate surface area is 168 Å². The van der Waals surface area contributed by atoms with Crippen LogP contribution in [-0.2, 0) is 13.1 Å². The maximum Gasteiger partial charge on any atom is 0.253 e. The van der Waals surface area contributed by atoms with E-state index in [4.69, 9.17) is 0 Å². The molecular formula is C22H22BrN3O. The molecule has 0 aliphatic heterocycles. The molecule has 1 aromatic heterocycles. The Kier molecular flexibility index (Phi) is 6.37. The molecule has 27 heavy (non-hydrogen) atoms. The number of halogens is 1. The normalized spacial score (nSPS) is 10.8. The summed E-state index contributed by atoms with van der Waals surface area (Å²) >= 11 is 3.34. The fraction of sp³-hybridized carbons (Fsp3) is 0.182. The lowest BCUT2D eigenvalue weighted by Gasteiger charge is -2.13. The van der Waals surface area contributed by atoms with Crippen molar-refractivity contribution in [3.63, 3.8) is 0 Å². The molecule has 0 saturated heterocycles. The molecule has 3 rings (SSSR count). The lowest BCUT2D eigenvalue weighted by molar-refractivity contribution is 0.0950. The number of rotatable bonds is 6. The summed E-state index contributed by atoms with van der Waals surface area (Å²) in [6.07, 6.45) is 3.22. The number of pyridine rings is 1. The molecule has 5 heteroatoms. The topological polar surface area (TPSA) is 45.2 Å². The molecule has 0 atom stereocenters. The second-order valence-corrected chi connectivity index (χ2v) is 7.58. The number of hydrogen-bond acceptors (Lipinski definition) is 3. The molecule has 138 valence electrons. The van der Waals surface area contributed by atoms with Crippen molar-refractivity contribution in [3.8, 4) is 11.1 Å². The van der Waals surface area contributed by atoms with Crippen LogP contribution in [0.15, 0.2) is 71.5 Å². The molecule has 1 N–H and O–H groups in total. The van der Waals surface area contributed by atoms with Gasteiger partial charge in [-0.15, -0.1) is 0 Å². The third-order valence-electron chi connectivity index (χ3n) is 4.19. The van der Waals surface area contributed by atoms with Crippen LogP contribution in [0.2, 0.25) is 0 Å². The van der Waals surface area contributed by atoms with E-state index < -0.39 is 0 Å². The standard InChI is InChI=1S/C22H22BrN3O/c1-26(2)15-16-7-9-17(10-8-16)21-6-4-3-5-18(21)13-25-22(27)19-11-20(23)14-24-12-19/h3-12,14H,13,15H2,1-2H3,(H,25,27). The molecule has 0 aliphatic rings. The lowest BCUT2D eigenvalue weighted by Crippen LogP contribution is -2.23. The Morgan fingerprint density at radius 2 is 1.81 bits per heavy atom. The van der Waals surface area contributed by atoms with E-state index >= 15 is 0 Å². The predicted molar refractivity (Wildman–Crippen MR) is 112 cm³/mol. The first kappa shape index (κ1) is 19.3. The first-order chi connectivity index (χ1) is 13.0. The van der Waals surface area contributed by atoms with Crippen molar-refractivity contribution in [2.24, 2.45) is 0 Å². The first-order valence-electron chi connectivity index (χ1n) is 8.73. The fourth-order valence-electron chi connectivity index (χ4n) is 2.92. The molecule has 0 fully saturated rings. The SMILES string of the molecule is CN(C)Cc1ccc(-c2ccccc2CNC(=O)c2cncc(Br)c2)cc1. The number of nitrogens with zero attached hydrogens (tertiary/aromatic N) is 2. The monoisotopic (exact) mass is 423 g/mol. The van der Waals surface area contributed by atoms with Crippen LogP contribution in [0.1, 0.15) is 21.5 Å². The molecule has 0 saturated carbocycles. The van der Waals surface area contributed by atoms with Crippen molar-refractivity contribution in [2.75, 3.05) is 14.1 Å². The average molecular weight is 424 g/mol. The smallest absolute Gasteiger partial charge is 0.253 e. The predicted octanol–water partition coefficient (Wildman–Crippen LogP) is 4.50. The number of nitrogens with one attached hydrogen (secondary N) is 1. The van der Waals surface area contributed by atoms with E-state index in [-0.39, 0.29) is 5.91 Å². The van der Waals surface area contributed by atoms with E-state index in [0.29, 0.717) is 12.1 Å². The van der Waals surface area contributed by atoms with Crippen LogP contribution in [-0.4, -0.2) is 29.9 Å². The summed E-state index contributed by atoms with van der Waals surface area (Å²) in [6, 6.07) is 18.5. The summed E-state index contributed by atoms with van der Waals surface area (Å²) in [5.41, 5.74) is 5.16. The third-order valence-corrected chi connectivity index (χ3v) is 4.62. The Morgan fingerprint density at radius 1 is 1.07 bits per heavy atom. The van der Waals surface area contributed by atoms with E-state index in [9.17, 15) is 4.79 Å². The van der Waals surface area contributed by atoms with Gasteiger partial charge in [0.15, 0.2) is 0 Å². The van der Waals surface area contributed by atoms with Crippen LogP contribution < -0.4 is 5.32 Å². The van der Waals surface area contributed by atoms with Crippen molar-refractivity contribution in [1.82, 2.24) is 15.2 Å². The van der Waals surface area contributed by atoms with Crippen LogP contribution >= 0.6 is 15.9 Å². The number of carbonyl (C=O) groups excluding carboxylic acids is 1. The second kappa shape index (κ2) is 8.93. The lowest BCUT2D eigenvalue weighted by atomic mass is 9.98. The molecule has 1 heterocycles. The molecule has 3 aromatic rings. The Balaban J connectivity index is 1.75. The van der Waals surface area contributed by atoms with Crippen molar-refractivity contribution < 1.29 is 4.79 Å². The van der Waals surface area contributed by atoms with Crippen molar-refractivity contribution in [2.45, 2.75) is 13.1 Å². The largest absolute Gasteiger partial charge is 0.348 e. The van der Waals surface area contributed by atoms with Crippen molar-refractivity contribution in [3.05, 3.63) is 88.2 Å². The number of aromatic nitrogens is 1. The fourth-order valence-corrected chi connectivity index (χ4v) is 3.29. The van der Waals surface area contributed by atoms with Crippen LogP contribution in [0.4, 0.5) is 0 Å². The van der Waals surface area contributed by atoms with Gasteiger partial charge in [-0.05, 0) is 58.3 Å². The van der Waals surface area contributed by atoms with Crippen LogP contribution in [0, 0.1) is 0 Å². The minimum Gasteiger partial charge on any atom is -0.348 e. The summed E-state index contributed by atoms with van der Waals surface area (Å²) in [5.74, 6) is -0.139. The van der Waals surface area contributed by atoms with Gasteiger partial charge in [0.25, 0.3) is 5.91 Å². The van der Waals surface area contributed by atoms with Crippen molar-refractivity contribution in [1.29, 1.82) is 0 Å². The van der Waals surface area contributed by atoms with Crippen LogP contribution in [0.25, 0.3) is 11.1 Å². The highest BCUT2D eigenvalue weighted by Gasteiger charge is 2.09. The zero-order valence-electron chi connectivity index (χ0n) is 15.4. The summed E-state index contributed by atoms with van der Waals surface area (Å²) in [7, 11) is 4.12. The Bertz CT molecular complexity index is 923. The zero-order chi connectivity index (χ0) is 19.2. The molecule has 0 bridgehead atoms. The first-order valence-corrected chi connectivity index (χ1v) is 9.53. The molecule has 0 unspecified atom stereocenters. The number of amides is 1. The molecule has 1 amide bonds. The van der Waals surface area contributed by atoms with Crippen LogP contribution in [0.5, 0.6) is 0 Å². The summed E-state index contributed by atoms with van der Waals surface area (Å²) in [6.45, 7) is 1.37. The molecule has 2 aromatic carbocycles. The summed E-state index contributed by atoms with van der Waals surface area (Å²) < 4.78 is 0.786. The van der Waals surface area contributed by atoms with Gasteiger partial charge in [-0.1, -0.05) is 48.5 Å². The van der Waals surface area contributed by atoms with Gasteiger partial charge >= 0.3 is 0 Å². The highest BCUT2D eigenvalue weighted by Crippen LogP contribution is 2.24. The highest BCUT2D eigenvalue weighted by molar-refractivity contribution is 9.10.